The molecule has 0 spiro atoms. The van der Waals surface area contributed by atoms with E-state index in [9.17, 15) is 9.90 Å². The van der Waals surface area contributed by atoms with Gasteiger partial charge >= 0.3 is 0 Å². The Balaban J connectivity index is 1.02. The van der Waals surface area contributed by atoms with Crippen LogP contribution in [0.25, 0.3) is 11.2 Å². The maximum atomic E-state index is 16.5. The molecule has 3 fully saturated rings. The summed E-state index contributed by atoms with van der Waals surface area (Å²) in [6.07, 6.45) is -0.255. The summed E-state index contributed by atoms with van der Waals surface area (Å²) in [5.41, 5.74) is 1.02. The molecule has 2 N–H and O–H groups in total. The number of rotatable bonds is 10. The fraction of sp³-hybridized carbons (Fsp3) is 0.333. The van der Waals surface area contributed by atoms with Crippen molar-refractivity contribution >= 4 is 49.9 Å². The summed E-state index contributed by atoms with van der Waals surface area (Å²) in [5.74, 6) is -0.166. The maximum absolute atomic E-state index is 16.5. The third-order valence-corrected chi connectivity index (χ3v) is 16.4. The number of benzene rings is 3. The molecule has 0 saturated carbocycles. The number of anilines is 1. The van der Waals surface area contributed by atoms with E-state index in [2.05, 4.69) is 80.0 Å². The Hall–Kier alpha value is -3.94. The van der Waals surface area contributed by atoms with Gasteiger partial charge in [0.2, 0.25) is 0 Å². The first kappa shape index (κ1) is 33.2. The third kappa shape index (κ3) is 6.06. The number of nitrogens with one attached hydrogen (secondary N) is 1. The highest BCUT2D eigenvalue weighted by Gasteiger charge is 2.54. The molecule has 3 aromatic carbocycles. The largest absolute Gasteiger partial charge is 0.394 e. The number of ether oxygens (including phenoxy) is 1. The molecule has 14 heteroatoms. The molecule has 0 aliphatic carbocycles. The maximum Gasteiger partial charge on any atom is 0.259 e. The van der Waals surface area contributed by atoms with Gasteiger partial charge in [-0.25, -0.2) is 24.0 Å². The van der Waals surface area contributed by atoms with Crippen molar-refractivity contribution < 1.29 is 28.1 Å². The molecule has 5 heterocycles. The lowest BCUT2D eigenvalue weighted by Crippen LogP contribution is -2.58. The lowest BCUT2D eigenvalue weighted by molar-refractivity contribution is -0.0439. The average molecular weight is 713 g/mol. The van der Waals surface area contributed by atoms with E-state index in [4.69, 9.17) is 13.8 Å². The Morgan fingerprint density at radius 2 is 1.68 bits per heavy atom. The molecule has 3 saturated heterocycles. The molecule has 3 aliphatic heterocycles. The van der Waals surface area contributed by atoms with Gasteiger partial charge in [-0.2, -0.15) is 0 Å². The summed E-state index contributed by atoms with van der Waals surface area (Å²) >= 11 is 0. The van der Waals surface area contributed by atoms with Crippen LogP contribution >= 0.6 is 8.53 Å². The van der Waals surface area contributed by atoms with Gasteiger partial charge in [-0.1, -0.05) is 95.8 Å². The van der Waals surface area contributed by atoms with Crippen molar-refractivity contribution in [3.63, 3.8) is 0 Å². The monoisotopic (exact) mass is 712 g/mol. The lowest BCUT2D eigenvalue weighted by Gasteiger charge is -2.32. The minimum atomic E-state index is -2.23. The molecule has 5 aromatic rings. The highest BCUT2D eigenvalue weighted by atomic mass is 31.2. The first-order valence-electron chi connectivity index (χ1n) is 16.9. The number of amides is 1. The van der Waals surface area contributed by atoms with E-state index >= 15 is 4.39 Å². The molecule has 8 rings (SSSR count). The second-order valence-corrected chi connectivity index (χ2v) is 18.8. The molecule has 11 nitrogen and oxygen atoms in total. The molecular weight excluding hydrogens is 674 g/mol. The van der Waals surface area contributed by atoms with Gasteiger partial charge in [0.1, 0.15) is 26.6 Å². The van der Waals surface area contributed by atoms with Gasteiger partial charge in [0.25, 0.3) is 14.4 Å². The summed E-state index contributed by atoms with van der Waals surface area (Å²) in [4.78, 5) is 25.8. The fourth-order valence-corrected chi connectivity index (χ4v) is 13.4. The van der Waals surface area contributed by atoms with Crippen LogP contribution in [0.5, 0.6) is 0 Å². The van der Waals surface area contributed by atoms with E-state index in [1.54, 1.807) is 24.3 Å². The van der Waals surface area contributed by atoms with Crippen LogP contribution in [0.4, 0.5) is 10.2 Å². The van der Waals surface area contributed by atoms with Crippen molar-refractivity contribution in [2.75, 3.05) is 18.5 Å². The van der Waals surface area contributed by atoms with Crippen molar-refractivity contribution in [2.24, 2.45) is 0 Å². The number of nitrogens with zero attached hydrogens (tertiary/aromatic N) is 5. The van der Waals surface area contributed by atoms with Crippen LogP contribution in [0.2, 0.25) is 12.6 Å². The van der Waals surface area contributed by atoms with Crippen molar-refractivity contribution in [3.8, 4) is 0 Å². The number of hydrogen-bond donors (Lipinski definition) is 2. The smallest absolute Gasteiger partial charge is 0.259 e. The summed E-state index contributed by atoms with van der Waals surface area (Å²) in [5, 5.41) is 15.8. The van der Waals surface area contributed by atoms with Crippen molar-refractivity contribution in [1.29, 1.82) is 0 Å². The second-order valence-electron chi connectivity index (χ2n) is 13.2. The van der Waals surface area contributed by atoms with Crippen LogP contribution in [0.1, 0.15) is 29.4 Å². The van der Waals surface area contributed by atoms with E-state index in [0.29, 0.717) is 5.56 Å². The molecule has 258 valence electrons. The molecule has 1 amide bonds. The van der Waals surface area contributed by atoms with Gasteiger partial charge in [-0.3, -0.25) is 9.36 Å². The Kier molecular flexibility index (Phi) is 9.30. The number of carbonyl (C=O) groups is 1. The summed E-state index contributed by atoms with van der Waals surface area (Å²) in [7, 11) is -3.83. The zero-order valence-corrected chi connectivity index (χ0v) is 29.4. The first-order chi connectivity index (χ1) is 24.4. The highest BCUT2D eigenvalue weighted by molar-refractivity contribution is 7.45. The summed E-state index contributed by atoms with van der Waals surface area (Å²) in [6.45, 7) is 2.76. The fourth-order valence-electron chi connectivity index (χ4n) is 7.47. The average Bonchev–Trinajstić information content (AvgIpc) is 3.95. The highest BCUT2D eigenvalue weighted by Crippen LogP contribution is 2.59. The Bertz CT molecular complexity index is 1910. The molecule has 50 heavy (non-hydrogen) atoms. The van der Waals surface area contributed by atoms with Crippen LogP contribution in [-0.4, -0.2) is 87.0 Å². The molecule has 2 aromatic heterocycles. The molecule has 7 atom stereocenters. The number of aromatic nitrogens is 4. The van der Waals surface area contributed by atoms with Gasteiger partial charge in [0, 0.05) is 18.2 Å². The predicted molar refractivity (Wildman–Crippen MR) is 191 cm³/mol. The van der Waals surface area contributed by atoms with E-state index in [1.165, 1.54) is 27.6 Å². The quantitative estimate of drug-likeness (QED) is 0.157. The van der Waals surface area contributed by atoms with Gasteiger partial charge in [-0.05, 0) is 31.0 Å². The van der Waals surface area contributed by atoms with Crippen LogP contribution in [-0.2, 0) is 13.8 Å². The second kappa shape index (κ2) is 14.0. The molecular formula is C36H38FN6O5PSi. The Labute approximate surface area is 291 Å². The number of alkyl halides is 1. The van der Waals surface area contributed by atoms with E-state index in [0.717, 1.165) is 25.4 Å². The third-order valence-electron chi connectivity index (χ3n) is 10.1. The zero-order chi connectivity index (χ0) is 34.2. The van der Waals surface area contributed by atoms with E-state index < -0.39 is 47.8 Å². The van der Waals surface area contributed by atoms with Gasteiger partial charge in [-0.15, -0.1) is 0 Å². The molecule has 0 bridgehead atoms. The standard InChI is InChI=1S/C36H38FN6O5PSi/c1-50(25-14-7-3-8-15-25,26-16-9-4-10-17-26)21-29-27-18-11-19-43(27)49(47-29)48-32-28(20-44)46-36(30(32)37)42-23-40-31-33(38-22-39-34(31)42)41-35(45)24-12-5-2-6-13-24/h2-10,12-17,22-23,27-30,32,36,44H,11,18-21H2,1H3,(H,38,39,41,45)/t27-,28+,29+,30-,32?,36+,49+/m0/s1. The van der Waals surface area contributed by atoms with Crippen LogP contribution in [0, 0.1) is 0 Å². The molecule has 3 aliphatic rings. The molecule has 1 unspecified atom stereocenters. The SMILES string of the molecule is C[Si](C[C@H]1O[P@](OC2[C@@H](CO)O[C@@H](n3cnc4c(NC(=O)c5ccccc5)ncnc43)[C@H]2F)N2CCC[C@@H]12)(c1ccccc1)c1ccccc1. The number of hydrogen-bond acceptors (Lipinski definition) is 9. The van der Waals surface area contributed by atoms with Crippen molar-refractivity contribution in [3.05, 3.63) is 109 Å². The lowest BCUT2D eigenvalue weighted by atomic mass is 10.1. The van der Waals surface area contributed by atoms with Gasteiger partial charge in [0.15, 0.2) is 29.4 Å². The Morgan fingerprint density at radius 3 is 2.36 bits per heavy atom. The van der Waals surface area contributed by atoms with Crippen LogP contribution in [0.3, 0.4) is 0 Å². The predicted octanol–water partition coefficient (Wildman–Crippen LogP) is 4.67. The number of aliphatic hydroxyl groups is 1. The van der Waals surface area contributed by atoms with Crippen molar-refractivity contribution in [2.45, 2.75) is 62.2 Å². The topological polar surface area (TPSA) is 124 Å². The normalized spacial score (nSPS) is 26.7. The number of halogens is 1. The number of fused-ring (bicyclic) bond motifs is 2. The van der Waals surface area contributed by atoms with Crippen LogP contribution in [0.15, 0.2) is 104 Å². The van der Waals surface area contributed by atoms with Crippen LogP contribution < -0.4 is 15.7 Å². The van der Waals surface area contributed by atoms with Gasteiger partial charge in [0.05, 0.1) is 19.0 Å². The Morgan fingerprint density at radius 1 is 1.00 bits per heavy atom. The number of imidazole rings is 1. The van der Waals surface area contributed by atoms with Crippen molar-refractivity contribution in [1.82, 2.24) is 24.2 Å². The minimum Gasteiger partial charge on any atom is -0.394 e. The number of aliphatic hydroxyl groups excluding tert-OH is 1. The molecule has 0 radical (unpaired) electrons. The van der Waals surface area contributed by atoms with E-state index in [-0.39, 0.29) is 35.0 Å². The number of carbonyl (C=O) groups excluding carboxylic acids is 1. The van der Waals surface area contributed by atoms with E-state index in [1.807, 2.05) is 18.2 Å². The van der Waals surface area contributed by atoms with Gasteiger partial charge < -0.3 is 24.2 Å². The summed E-state index contributed by atoms with van der Waals surface area (Å²) in [6, 6.07) is 31.2. The minimum absolute atomic E-state index is 0.0803. The summed E-state index contributed by atoms with van der Waals surface area (Å²) < 4.78 is 39.7. The zero-order valence-electron chi connectivity index (χ0n) is 27.5. The first-order valence-corrected chi connectivity index (χ1v) is 20.7.